The number of hydrogen-bond acceptors (Lipinski definition) is 5. The monoisotopic (exact) mass is 433 g/mol. The van der Waals surface area contributed by atoms with E-state index in [0.717, 1.165) is 42.6 Å². The zero-order valence-corrected chi connectivity index (χ0v) is 19.0. The Morgan fingerprint density at radius 1 is 1.23 bits per heavy atom. The first-order valence-corrected chi connectivity index (χ1v) is 10.7. The Bertz CT molecular complexity index is 840. The van der Waals surface area contributed by atoms with Crippen LogP contribution in [0.5, 0.6) is 0 Å². The first-order chi connectivity index (χ1) is 14.4. The van der Waals surface area contributed by atoms with Crippen molar-refractivity contribution in [2.24, 2.45) is 4.99 Å². The van der Waals surface area contributed by atoms with Gasteiger partial charge in [0.1, 0.15) is 5.76 Å². The number of morpholine rings is 1. The van der Waals surface area contributed by atoms with Crippen LogP contribution in [0.3, 0.4) is 0 Å². The van der Waals surface area contributed by atoms with Crippen molar-refractivity contribution in [1.82, 2.24) is 20.5 Å². The molecule has 1 aromatic heterocycles. The molecule has 0 aliphatic carbocycles. The zero-order chi connectivity index (χ0) is 21.6. The van der Waals surface area contributed by atoms with Gasteiger partial charge in [0.15, 0.2) is 5.96 Å². The number of nitrogens with one attached hydrogen (secondary N) is 2. The summed E-state index contributed by atoms with van der Waals surface area (Å²) in [6, 6.07) is 8.12. The fourth-order valence-electron chi connectivity index (χ4n) is 3.38. The number of nitrogens with zero attached hydrogens (tertiary/aromatic N) is 3. The third-order valence-corrected chi connectivity index (χ3v) is 5.48. The average molecular weight is 434 g/mol. The van der Waals surface area contributed by atoms with Crippen molar-refractivity contribution >= 4 is 17.6 Å². The number of oxazole rings is 1. The van der Waals surface area contributed by atoms with Crippen LogP contribution < -0.4 is 10.6 Å². The minimum atomic E-state index is -0.0640. The van der Waals surface area contributed by atoms with E-state index in [4.69, 9.17) is 20.8 Å². The number of halogens is 1. The second kappa shape index (κ2) is 10.3. The Morgan fingerprint density at radius 2 is 1.97 bits per heavy atom. The lowest BCUT2D eigenvalue weighted by Gasteiger charge is -2.35. The van der Waals surface area contributed by atoms with Crippen molar-refractivity contribution in [3.8, 4) is 0 Å². The van der Waals surface area contributed by atoms with Crippen LogP contribution in [-0.2, 0) is 16.7 Å². The second-order valence-corrected chi connectivity index (χ2v) is 8.77. The van der Waals surface area contributed by atoms with Crippen LogP contribution in [0.2, 0.25) is 5.02 Å². The molecule has 1 aromatic carbocycles. The van der Waals surface area contributed by atoms with Crippen molar-refractivity contribution < 1.29 is 9.15 Å². The van der Waals surface area contributed by atoms with E-state index in [1.807, 2.05) is 18.2 Å². The number of hydrogen-bond donors (Lipinski definition) is 2. The maximum Gasteiger partial charge on any atom is 0.213 e. The number of aromatic nitrogens is 1. The van der Waals surface area contributed by atoms with Crippen molar-refractivity contribution in [3.63, 3.8) is 0 Å². The third kappa shape index (κ3) is 5.97. The van der Waals surface area contributed by atoms with Crippen LogP contribution in [0, 0.1) is 0 Å². The SMILES string of the molecule is CN=C(NCc1ncc(C(C)(C)C)o1)NCC(c1ccccc1Cl)N1CCOCC1. The fourth-order valence-corrected chi connectivity index (χ4v) is 3.64. The average Bonchev–Trinajstić information content (AvgIpc) is 3.22. The van der Waals surface area contributed by atoms with E-state index in [1.54, 1.807) is 13.2 Å². The first-order valence-electron chi connectivity index (χ1n) is 10.3. The van der Waals surface area contributed by atoms with Crippen LogP contribution in [0.15, 0.2) is 39.9 Å². The molecule has 164 valence electrons. The van der Waals surface area contributed by atoms with Gasteiger partial charge < -0.3 is 19.8 Å². The van der Waals surface area contributed by atoms with E-state index in [2.05, 4.69) is 52.3 Å². The summed E-state index contributed by atoms with van der Waals surface area (Å²) in [7, 11) is 1.75. The molecular weight excluding hydrogens is 402 g/mol. The van der Waals surface area contributed by atoms with E-state index in [9.17, 15) is 0 Å². The molecule has 1 aliphatic heterocycles. The first kappa shape index (κ1) is 22.6. The Balaban J connectivity index is 1.63. The molecule has 1 saturated heterocycles. The largest absolute Gasteiger partial charge is 0.443 e. The molecule has 1 unspecified atom stereocenters. The van der Waals surface area contributed by atoms with Crippen LogP contribution >= 0.6 is 11.6 Å². The van der Waals surface area contributed by atoms with E-state index >= 15 is 0 Å². The van der Waals surface area contributed by atoms with Gasteiger partial charge in [0.2, 0.25) is 5.89 Å². The maximum atomic E-state index is 6.52. The fraction of sp³-hybridized carbons (Fsp3) is 0.545. The highest BCUT2D eigenvalue weighted by Gasteiger charge is 2.25. The van der Waals surface area contributed by atoms with Gasteiger partial charge in [-0.05, 0) is 11.6 Å². The summed E-state index contributed by atoms with van der Waals surface area (Å²) in [5.74, 6) is 2.20. The molecule has 2 N–H and O–H groups in total. The topological polar surface area (TPSA) is 74.9 Å². The van der Waals surface area contributed by atoms with Gasteiger partial charge in [0.25, 0.3) is 0 Å². The summed E-state index contributed by atoms with van der Waals surface area (Å²) in [6.07, 6.45) is 1.79. The quantitative estimate of drug-likeness (QED) is 0.537. The molecule has 7 nitrogen and oxygen atoms in total. The molecule has 0 radical (unpaired) electrons. The number of guanidine groups is 1. The summed E-state index contributed by atoms with van der Waals surface area (Å²) in [5.41, 5.74) is 1.04. The lowest BCUT2D eigenvalue weighted by molar-refractivity contribution is 0.0170. The van der Waals surface area contributed by atoms with Crippen LogP contribution in [0.4, 0.5) is 0 Å². The molecule has 1 atom stereocenters. The molecule has 2 heterocycles. The second-order valence-electron chi connectivity index (χ2n) is 8.36. The van der Waals surface area contributed by atoms with Gasteiger partial charge in [0.05, 0.1) is 32.0 Å². The number of benzene rings is 1. The highest BCUT2D eigenvalue weighted by molar-refractivity contribution is 6.31. The van der Waals surface area contributed by atoms with Crippen molar-refractivity contribution in [2.45, 2.75) is 38.8 Å². The zero-order valence-electron chi connectivity index (χ0n) is 18.2. The van der Waals surface area contributed by atoms with E-state index in [0.29, 0.717) is 24.9 Å². The lowest BCUT2D eigenvalue weighted by atomic mass is 9.94. The molecule has 2 aromatic rings. The molecule has 30 heavy (non-hydrogen) atoms. The molecule has 1 aliphatic rings. The summed E-state index contributed by atoms with van der Waals surface area (Å²) in [5, 5.41) is 7.48. The number of rotatable bonds is 6. The van der Waals surface area contributed by atoms with Crippen molar-refractivity contribution in [2.75, 3.05) is 39.9 Å². The van der Waals surface area contributed by atoms with Crippen LogP contribution in [0.1, 0.15) is 44.0 Å². The van der Waals surface area contributed by atoms with Gasteiger partial charge in [-0.3, -0.25) is 9.89 Å². The molecule has 0 bridgehead atoms. The Kier molecular flexibility index (Phi) is 7.75. The van der Waals surface area contributed by atoms with Gasteiger partial charge in [-0.15, -0.1) is 0 Å². The number of aliphatic imine (C=N–C) groups is 1. The molecule has 0 amide bonds. The van der Waals surface area contributed by atoms with E-state index < -0.39 is 0 Å². The predicted molar refractivity (Wildman–Crippen MR) is 120 cm³/mol. The normalized spacial score (nSPS) is 17.0. The summed E-state index contributed by atoms with van der Waals surface area (Å²) >= 11 is 6.52. The van der Waals surface area contributed by atoms with Gasteiger partial charge in [-0.1, -0.05) is 50.6 Å². The molecule has 8 heteroatoms. The highest BCUT2D eigenvalue weighted by Crippen LogP contribution is 2.28. The smallest absolute Gasteiger partial charge is 0.213 e. The van der Waals surface area contributed by atoms with Gasteiger partial charge in [-0.2, -0.15) is 0 Å². The Labute approximate surface area is 183 Å². The van der Waals surface area contributed by atoms with Gasteiger partial charge in [-0.25, -0.2) is 4.98 Å². The van der Waals surface area contributed by atoms with Gasteiger partial charge >= 0.3 is 0 Å². The number of ether oxygens (including phenoxy) is 1. The Morgan fingerprint density at radius 3 is 2.60 bits per heavy atom. The van der Waals surface area contributed by atoms with Gasteiger partial charge in [0, 0.05) is 37.1 Å². The lowest BCUT2D eigenvalue weighted by Crippen LogP contribution is -2.46. The molecule has 0 saturated carbocycles. The summed E-state index contributed by atoms with van der Waals surface area (Å²) in [4.78, 5) is 11.1. The molecular formula is C22H32ClN5O2. The predicted octanol–water partition coefficient (Wildman–Crippen LogP) is 3.36. The molecule has 0 spiro atoms. The van der Waals surface area contributed by atoms with E-state index in [1.165, 1.54) is 0 Å². The minimum absolute atomic E-state index is 0.0640. The summed E-state index contributed by atoms with van der Waals surface area (Å²) in [6.45, 7) is 10.6. The molecule has 1 fully saturated rings. The highest BCUT2D eigenvalue weighted by atomic mass is 35.5. The van der Waals surface area contributed by atoms with E-state index in [-0.39, 0.29) is 11.5 Å². The molecule has 3 rings (SSSR count). The third-order valence-electron chi connectivity index (χ3n) is 5.14. The summed E-state index contributed by atoms with van der Waals surface area (Å²) < 4.78 is 11.4. The van der Waals surface area contributed by atoms with Crippen molar-refractivity contribution in [1.29, 1.82) is 0 Å². The van der Waals surface area contributed by atoms with Crippen LogP contribution in [-0.4, -0.2) is 55.7 Å². The standard InChI is InChI=1S/C22H32ClN5O2/c1-22(2,3)19-14-25-20(30-19)15-27-21(24-4)26-13-18(28-9-11-29-12-10-28)16-7-5-6-8-17(16)23/h5-8,14,18H,9-13,15H2,1-4H3,(H2,24,26,27). The maximum absolute atomic E-state index is 6.52. The van der Waals surface area contributed by atoms with Crippen molar-refractivity contribution in [3.05, 3.63) is 52.7 Å². The Hall–Kier alpha value is -2.09. The minimum Gasteiger partial charge on any atom is -0.443 e. The van der Waals surface area contributed by atoms with Crippen LogP contribution in [0.25, 0.3) is 0 Å².